The summed E-state index contributed by atoms with van der Waals surface area (Å²) in [4.78, 5) is 19.8. The molecule has 0 unspecified atom stereocenters. The molecule has 0 saturated heterocycles. The van der Waals surface area contributed by atoms with E-state index >= 15 is 0 Å². The molecule has 0 radical (unpaired) electrons. The number of H-pyrrole nitrogens is 1. The fraction of sp³-hybridized carbons (Fsp3) is 0.250. The largest absolute Gasteiger partial charge is 0.493 e. The highest BCUT2D eigenvalue weighted by atomic mass is 16.5. The van der Waals surface area contributed by atoms with Gasteiger partial charge < -0.3 is 14.3 Å². The summed E-state index contributed by atoms with van der Waals surface area (Å²) >= 11 is 0. The first-order valence-corrected chi connectivity index (χ1v) is 6.90. The number of hydrogen-bond acceptors (Lipinski definition) is 3. The first-order valence-electron chi connectivity index (χ1n) is 6.90. The van der Waals surface area contributed by atoms with Crippen molar-refractivity contribution in [3.63, 3.8) is 0 Å². The summed E-state index contributed by atoms with van der Waals surface area (Å²) in [5.74, 6) is 1.25. The molecule has 0 bridgehead atoms. The van der Waals surface area contributed by atoms with Crippen molar-refractivity contribution >= 4 is 11.0 Å². The van der Waals surface area contributed by atoms with Crippen molar-refractivity contribution in [2.45, 2.75) is 13.8 Å². The lowest BCUT2D eigenvalue weighted by Gasteiger charge is -2.09. The van der Waals surface area contributed by atoms with Crippen LogP contribution >= 0.6 is 0 Å². The molecule has 108 valence electrons. The smallest absolute Gasteiger partial charge is 0.275 e. The van der Waals surface area contributed by atoms with Crippen LogP contribution in [0.3, 0.4) is 0 Å². The molecule has 1 N–H and O–H groups in total. The van der Waals surface area contributed by atoms with Crippen LogP contribution in [-0.4, -0.2) is 21.1 Å². The molecule has 0 aliphatic rings. The maximum atomic E-state index is 12.3. The summed E-state index contributed by atoms with van der Waals surface area (Å²) in [5.41, 5.74) is 2.94. The number of aryl methyl sites for hydroxylation is 2. The highest BCUT2D eigenvalue weighted by Gasteiger charge is 2.14. The number of ether oxygens (including phenoxy) is 1. The van der Waals surface area contributed by atoms with Crippen LogP contribution in [0.15, 0.2) is 35.3 Å². The van der Waals surface area contributed by atoms with E-state index in [0.717, 1.165) is 22.4 Å². The molecule has 2 aromatic heterocycles. The highest BCUT2D eigenvalue weighted by Crippen LogP contribution is 2.27. The fourth-order valence-corrected chi connectivity index (χ4v) is 2.56. The van der Waals surface area contributed by atoms with E-state index < -0.39 is 0 Å². The molecule has 5 nitrogen and oxygen atoms in total. The first kappa shape index (κ1) is 13.4. The average molecular weight is 283 g/mol. The minimum atomic E-state index is -0.142. The second kappa shape index (κ2) is 5.09. The number of para-hydroxylation sites is 1. The van der Waals surface area contributed by atoms with E-state index in [1.807, 2.05) is 51.4 Å². The molecule has 5 heteroatoms. The van der Waals surface area contributed by atoms with Crippen molar-refractivity contribution in [3.05, 3.63) is 46.4 Å². The molecule has 0 spiro atoms. The quantitative estimate of drug-likeness (QED) is 0.804. The summed E-state index contributed by atoms with van der Waals surface area (Å²) in [6.07, 6.45) is 1.91. The zero-order chi connectivity index (χ0) is 15.0. The van der Waals surface area contributed by atoms with E-state index in [1.165, 1.54) is 0 Å². The number of nitrogens with zero attached hydrogens (tertiary/aromatic N) is 2. The Morgan fingerprint density at radius 3 is 2.86 bits per heavy atom. The number of aromatic nitrogens is 3. The van der Waals surface area contributed by atoms with Gasteiger partial charge in [0.05, 0.1) is 17.7 Å². The molecule has 0 saturated carbocycles. The van der Waals surface area contributed by atoms with Crippen molar-refractivity contribution in [2.75, 3.05) is 6.61 Å². The predicted octanol–water partition coefficient (Wildman–Crippen LogP) is 2.64. The zero-order valence-corrected chi connectivity index (χ0v) is 12.3. The van der Waals surface area contributed by atoms with Crippen molar-refractivity contribution in [1.29, 1.82) is 0 Å². The third-order valence-electron chi connectivity index (χ3n) is 3.45. The van der Waals surface area contributed by atoms with Gasteiger partial charge in [-0.1, -0.05) is 12.1 Å². The molecular formula is C16H17N3O2. The van der Waals surface area contributed by atoms with Gasteiger partial charge in [-0.05, 0) is 31.5 Å². The third-order valence-corrected chi connectivity index (χ3v) is 3.45. The van der Waals surface area contributed by atoms with Gasteiger partial charge >= 0.3 is 0 Å². The van der Waals surface area contributed by atoms with Crippen molar-refractivity contribution in [1.82, 2.24) is 14.5 Å². The molecule has 2 heterocycles. The van der Waals surface area contributed by atoms with Gasteiger partial charge in [0.15, 0.2) is 0 Å². The van der Waals surface area contributed by atoms with Crippen LogP contribution in [0.4, 0.5) is 0 Å². The zero-order valence-electron chi connectivity index (χ0n) is 12.3. The van der Waals surface area contributed by atoms with Crippen LogP contribution in [0.1, 0.15) is 12.5 Å². The van der Waals surface area contributed by atoms with E-state index in [1.54, 1.807) is 4.57 Å². The highest BCUT2D eigenvalue weighted by molar-refractivity contribution is 5.81. The third kappa shape index (κ3) is 2.20. The van der Waals surface area contributed by atoms with Crippen LogP contribution in [0.2, 0.25) is 0 Å². The second-order valence-electron chi connectivity index (χ2n) is 4.96. The Kier molecular flexibility index (Phi) is 3.25. The number of fused-ring (bicyclic) bond motifs is 1. The first-order chi connectivity index (χ1) is 10.1. The van der Waals surface area contributed by atoms with Gasteiger partial charge in [0, 0.05) is 13.2 Å². The summed E-state index contributed by atoms with van der Waals surface area (Å²) in [6, 6.07) is 7.58. The van der Waals surface area contributed by atoms with Crippen LogP contribution in [0.5, 0.6) is 5.75 Å². The molecule has 3 rings (SSSR count). The number of aromatic amines is 1. The fourth-order valence-electron chi connectivity index (χ4n) is 2.56. The van der Waals surface area contributed by atoms with Crippen molar-refractivity contribution in [2.24, 2.45) is 7.05 Å². The lowest BCUT2D eigenvalue weighted by Crippen LogP contribution is -2.12. The minimum absolute atomic E-state index is 0.142. The number of benzene rings is 1. The molecule has 21 heavy (non-hydrogen) atoms. The molecule has 0 fully saturated rings. The Hall–Kier alpha value is -2.56. The van der Waals surface area contributed by atoms with E-state index in [0.29, 0.717) is 17.9 Å². The van der Waals surface area contributed by atoms with E-state index in [2.05, 4.69) is 9.97 Å². The molecular weight excluding hydrogens is 266 g/mol. The van der Waals surface area contributed by atoms with E-state index in [9.17, 15) is 4.79 Å². The van der Waals surface area contributed by atoms with Gasteiger partial charge in [0.25, 0.3) is 5.56 Å². The minimum Gasteiger partial charge on any atom is -0.493 e. The molecule has 3 aromatic rings. The Bertz CT molecular complexity index is 862. The number of rotatable bonds is 3. The normalized spacial score (nSPS) is 11.0. The van der Waals surface area contributed by atoms with Gasteiger partial charge in [-0.3, -0.25) is 4.79 Å². The second-order valence-corrected chi connectivity index (χ2v) is 4.96. The van der Waals surface area contributed by atoms with Gasteiger partial charge in [-0.15, -0.1) is 0 Å². The van der Waals surface area contributed by atoms with E-state index in [-0.39, 0.29) is 5.56 Å². The predicted molar refractivity (Wildman–Crippen MR) is 82.7 cm³/mol. The van der Waals surface area contributed by atoms with Crippen LogP contribution in [0.25, 0.3) is 22.4 Å². The summed E-state index contributed by atoms with van der Waals surface area (Å²) in [6.45, 7) is 4.44. The monoisotopic (exact) mass is 283 g/mol. The molecule has 0 aliphatic heterocycles. The van der Waals surface area contributed by atoms with Gasteiger partial charge in [-0.2, -0.15) is 0 Å². The van der Waals surface area contributed by atoms with E-state index in [4.69, 9.17) is 4.74 Å². The summed E-state index contributed by atoms with van der Waals surface area (Å²) in [7, 11) is 1.85. The van der Waals surface area contributed by atoms with Gasteiger partial charge in [-0.25, -0.2) is 4.98 Å². The Balaban J connectivity index is 2.27. The summed E-state index contributed by atoms with van der Waals surface area (Å²) in [5, 5.41) is 0. The van der Waals surface area contributed by atoms with Crippen LogP contribution in [-0.2, 0) is 7.05 Å². The maximum Gasteiger partial charge on any atom is 0.275 e. The standard InChI is InChI=1S/C16H17N3O2/c1-4-21-12-8-6-5-7-11(12)15-17-13-10(2)9-19(3)14(13)16(20)18-15/h5-9H,4H2,1-3H3,(H,17,18,20). The Morgan fingerprint density at radius 2 is 2.10 bits per heavy atom. The van der Waals surface area contributed by atoms with Crippen molar-refractivity contribution < 1.29 is 4.74 Å². The molecule has 0 atom stereocenters. The van der Waals surface area contributed by atoms with Gasteiger partial charge in [0.1, 0.15) is 17.1 Å². The van der Waals surface area contributed by atoms with Crippen LogP contribution < -0.4 is 10.3 Å². The van der Waals surface area contributed by atoms with Gasteiger partial charge in [0.2, 0.25) is 0 Å². The number of hydrogen-bond donors (Lipinski definition) is 1. The number of nitrogens with one attached hydrogen (secondary N) is 1. The Morgan fingerprint density at radius 1 is 1.33 bits per heavy atom. The molecule has 0 aliphatic carbocycles. The molecule has 0 amide bonds. The summed E-state index contributed by atoms with van der Waals surface area (Å²) < 4.78 is 7.41. The maximum absolute atomic E-state index is 12.3. The van der Waals surface area contributed by atoms with Crippen LogP contribution in [0, 0.1) is 6.92 Å². The Labute approximate surface area is 122 Å². The SMILES string of the molecule is CCOc1ccccc1-c1nc2c(C)cn(C)c2c(=O)[nH]1. The average Bonchev–Trinajstić information content (AvgIpc) is 2.75. The topological polar surface area (TPSA) is 59.9 Å². The lowest BCUT2D eigenvalue weighted by molar-refractivity contribution is 0.341. The molecule has 1 aromatic carbocycles. The lowest BCUT2D eigenvalue weighted by atomic mass is 10.2. The van der Waals surface area contributed by atoms with Crippen molar-refractivity contribution in [3.8, 4) is 17.1 Å².